The third-order valence-electron chi connectivity index (χ3n) is 1.96. The minimum absolute atomic E-state index is 0.0329. The topological polar surface area (TPSA) is 73.2 Å². The van der Waals surface area contributed by atoms with Crippen LogP contribution in [0, 0.1) is 5.41 Å². The van der Waals surface area contributed by atoms with E-state index in [0.717, 1.165) is 11.8 Å². The van der Waals surface area contributed by atoms with Gasteiger partial charge in [0.1, 0.15) is 5.75 Å². The lowest BCUT2D eigenvalue weighted by Gasteiger charge is -2.00. The highest BCUT2D eigenvalue weighted by molar-refractivity contribution is 8.18. The molecule has 0 unspecified atom stereocenters. The van der Waals surface area contributed by atoms with Crippen molar-refractivity contribution in [3.8, 4) is 5.75 Å². The number of halogens is 1. The second kappa shape index (κ2) is 4.19. The van der Waals surface area contributed by atoms with Crippen LogP contribution in [-0.2, 0) is 4.79 Å². The Morgan fingerprint density at radius 2 is 2.25 bits per heavy atom. The Morgan fingerprint density at radius 1 is 1.50 bits per heavy atom. The molecule has 6 heteroatoms. The summed E-state index contributed by atoms with van der Waals surface area (Å²) in [5.74, 6) is -0.357. The molecule has 16 heavy (non-hydrogen) atoms. The van der Waals surface area contributed by atoms with Gasteiger partial charge in [-0.15, -0.1) is 0 Å². The van der Waals surface area contributed by atoms with Gasteiger partial charge >= 0.3 is 0 Å². The maximum absolute atomic E-state index is 11.3. The van der Waals surface area contributed by atoms with Crippen LogP contribution in [0.4, 0.5) is 0 Å². The molecule has 0 spiro atoms. The van der Waals surface area contributed by atoms with E-state index in [2.05, 4.69) is 5.32 Å². The molecule has 2 rings (SSSR count). The molecule has 0 bridgehead atoms. The van der Waals surface area contributed by atoms with Crippen LogP contribution in [0.5, 0.6) is 5.75 Å². The first-order valence-corrected chi connectivity index (χ1v) is 5.54. The highest BCUT2D eigenvalue weighted by Crippen LogP contribution is 2.31. The minimum Gasteiger partial charge on any atom is -0.506 e. The molecule has 0 aromatic heterocycles. The first kappa shape index (κ1) is 11.0. The van der Waals surface area contributed by atoms with E-state index in [9.17, 15) is 9.90 Å². The molecule has 1 amide bonds. The van der Waals surface area contributed by atoms with Crippen molar-refractivity contribution >= 4 is 40.5 Å². The molecular formula is C10H7ClN2O2S. The quantitative estimate of drug-likeness (QED) is 0.673. The van der Waals surface area contributed by atoms with Gasteiger partial charge in [0.25, 0.3) is 5.91 Å². The van der Waals surface area contributed by atoms with E-state index in [-0.39, 0.29) is 21.8 Å². The zero-order chi connectivity index (χ0) is 11.7. The van der Waals surface area contributed by atoms with Crippen LogP contribution in [0.1, 0.15) is 5.56 Å². The molecule has 0 atom stereocenters. The minimum atomic E-state index is -0.325. The second-order valence-corrected chi connectivity index (χ2v) is 4.50. The highest BCUT2D eigenvalue weighted by Gasteiger charge is 2.22. The SMILES string of the molecule is N=C1NC(=O)/C(=C/c2cccc(O)c2Cl)S1. The number of nitrogens with one attached hydrogen (secondary N) is 2. The summed E-state index contributed by atoms with van der Waals surface area (Å²) in [7, 11) is 0. The number of phenols is 1. The number of amides is 1. The number of carbonyl (C=O) groups excluding carboxylic acids is 1. The van der Waals surface area contributed by atoms with Gasteiger partial charge in [0.2, 0.25) is 0 Å². The summed E-state index contributed by atoms with van der Waals surface area (Å²) in [4.78, 5) is 11.7. The Labute approximate surface area is 101 Å². The summed E-state index contributed by atoms with van der Waals surface area (Å²) in [6, 6.07) is 4.79. The fourth-order valence-corrected chi connectivity index (χ4v) is 2.11. The molecule has 1 aromatic rings. The Morgan fingerprint density at radius 3 is 2.88 bits per heavy atom. The number of carbonyl (C=O) groups is 1. The van der Waals surface area contributed by atoms with Crippen LogP contribution in [0.2, 0.25) is 5.02 Å². The van der Waals surface area contributed by atoms with Crippen molar-refractivity contribution in [2.45, 2.75) is 0 Å². The molecule has 0 saturated carbocycles. The van der Waals surface area contributed by atoms with Crippen LogP contribution >= 0.6 is 23.4 Å². The van der Waals surface area contributed by atoms with Crippen LogP contribution < -0.4 is 5.32 Å². The second-order valence-electron chi connectivity index (χ2n) is 3.07. The fraction of sp³-hybridized carbons (Fsp3) is 0. The Kier molecular flexibility index (Phi) is 2.89. The summed E-state index contributed by atoms with van der Waals surface area (Å²) in [5.41, 5.74) is 0.550. The lowest BCUT2D eigenvalue weighted by molar-refractivity contribution is -0.115. The summed E-state index contributed by atoms with van der Waals surface area (Å²) in [5, 5.41) is 19.3. The number of phenolic OH excluding ortho intramolecular Hbond substituents is 1. The largest absolute Gasteiger partial charge is 0.506 e. The maximum Gasteiger partial charge on any atom is 0.264 e. The smallest absolute Gasteiger partial charge is 0.264 e. The van der Waals surface area contributed by atoms with Crippen molar-refractivity contribution in [3.63, 3.8) is 0 Å². The predicted octanol–water partition coefficient (Wildman–Crippen LogP) is 2.18. The van der Waals surface area contributed by atoms with E-state index in [0.29, 0.717) is 10.5 Å². The zero-order valence-corrected chi connectivity index (χ0v) is 9.52. The zero-order valence-electron chi connectivity index (χ0n) is 7.95. The van der Waals surface area contributed by atoms with Gasteiger partial charge in [-0.3, -0.25) is 10.2 Å². The molecule has 3 N–H and O–H groups in total. The number of amidine groups is 1. The van der Waals surface area contributed by atoms with Gasteiger partial charge in [0, 0.05) is 0 Å². The number of aromatic hydroxyl groups is 1. The normalized spacial score (nSPS) is 17.9. The number of rotatable bonds is 1. The molecule has 1 aromatic carbocycles. The van der Waals surface area contributed by atoms with Crippen LogP contribution in [0.3, 0.4) is 0 Å². The standard InChI is InChI=1S/C10H7ClN2O2S/c11-8-5(2-1-3-6(8)14)4-7-9(15)13-10(12)16-7/h1-4,14H,(H2,12,13,15)/b7-4-. The summed E-state index contributed by atoms with van der Waals surface area (Å²) in [6.07, 6.45) is 1.55. The molecule has 0 radical (unpaired) electrons. The van der Waals surface area contributed by atoms with Gasteiger partial charge in [0.05, 0.1) is 9.93 Å². The Bertz CT molecular complexity index is 514. The molecule has 0 aliphatic carbocycles. The molecule has 82 valence electrons. The Balaban J connectivity index is 2.40. The average Bonchev–Trinajstić information content (AvgIpc) is 2.53. The molecule has 1 heterocycles. The monoisotopic (exact) mass is 254 g/mol. The van der Waals surface area contributed by atoms with E-state index in [4.69, 9.17) is 17.0 Å². The van der Waals surface area contributed by atoms with Crippen LogP contribution in [0.15, 0.2) is 23.1 Å². The van der Waals surface area contributed by atoms with Gasteiger partial charge in [-0.2, -0.15) is 0 Å². The average molecular weight is 255 g/mol. The van der Waals surface area contributed by atoms with E-state index in [1.807, 2.05) is 0 Å². The molecule has 1 fully saturated rings. The van der Waals surface area contributed by atoms with Crippen molar-refractivity contribution in [1.82, 2.24) is 5.32 Å². The number of benzene rings is 1. The van der Waals surface area contributed by atoms with E-state index in [1.54, 1.807) is 18.2 Å². The molecule has 4 nitrogen and oxygen atoms in total. The lowest BCUT2D eigenvalue weighted by atomic mass is 10.2. The third-order valence-corrected chi connectivity index (χ3v) is 3.20. The fourth-order valence-electron chi connectivity index (χ4n) is 1.23. The van der Waals surface area contributed by atoms with Crippen molar-refractivity contribution in [3.05, 3.63) is 33.7 Å². The molecule has 1 aliphatic heterocycles. The van der Waals surface area contributed by atoms with E-state index >= 15 is 0 Å². The molecular weight excluding hydrogens is 248 g/mol. The summed E-state index contributed by atoms with van der Waals surface area (Å²) < 4.78 is 0. The Hall–Kier alpha value is -1.46. The maximum atomic E-state index is 11.3. The van der Waals surface area contributed by atoms with Crippen molar-refractivity contribution in [1.29, 1.82) is 5.41 Å². The first-order valence-electron chi connectivity index (χ1n) is 4.35. The van der Waals surface area contributed by atoms with E-state index in [1.165, 1.54) is 6.07 Å². The van der Waals surface area contributed by atoms with Gasteiger partial charge in [-0.05, 0) is 29.5 Å². The highest BCUT2D eigenvalue weighted by atomic mass is 35.5. The number of thioether (sulfide) groups is 1. The predicted molar refractivity (Wildman–Crippen MR) is 64.6 cm³/mol. The van der Waals surface area contributed by atoms with Crippen molar-refractivity contribution in [2.24, 2.45) is 0 Å². The molecule has 1 saturated heterocycles. The third kappa shape index (κ3) is 2.05. The lowest BCUT2D eigenvalue weighted by Crippen LogP contribution is -2.18. The van der Waals surface area contributed by atoms with Gasteiger partial charge < -0.3 is 10.4 Å². The van der Waals surface area contributed by atoms with E-state index < -0.39 is 0 Å². The van der Waals surface area contributed by atoms with Crippen molar-refractivity contribution in [2.75, 3.05) is 0 Å². The first-order chi connectivity index (χ1) is 7.58. The number of hydrogen-bond donors (Lipinski definition) is 3. The number of hydrogen-bond acceptors (Lipinski definition) is 4. The summed E-state index contributed by atoms with van der Waals surface area (Å²) >= 11 is 6.89. The van der Waals surface area contributed by atoms with Gasteiger partial charge in [-0.1, -0.05) is 23.7 Å². The van der Waals surface area contributed by atoms with Gasteiger partial charge in [0.15, 0.2) is 5.17 Å². The summed E-state index contributed by atoms with van der Waals surface area (Å²) in [6.45, 7) is 0. The molecule has 1 aliphatic rings. The van der Waals surface area contributed by atoms with Crippen molar-refractivity contribution < 1.29 is 9.90 Å². The van der Waals surface area contributed by atoms with Gasteiger partial charge in [-0.25, -0.2) is 0 Å². The van der Waals surface area contributed by atoms with Crippen LogP contribution in [-0.4, -0.2) is 16.2 Å². The van der Waals surface area contributed by atoms with Crippen LogP contribution in [0.25, 0.3) is 6.08 Å².